The Morgan fingerprint density at radius 2 is 1.91 bits per heavy atom. The number of piperidine rings is 1. The van der Waals surface area contributed by atoms with E-state index >= 15 is 0 Å². The zero-order chi connectivity index (χ0) is 22.6. The number of benzene rings is 1. The number of nitrogens with zero attached hydrogens (tertiary/aromatic N) is 5. The van der Waals surface area contributed by atoms with Gasteiger partial charge in [0.15, 0.2) is 5.82 Å². The molecule has 1 N–H and O–H groups in total. The Bertz CT molecular complexity index is 1130. The highest BCUT2D eigenvalue weighted by Gasteiger charge is 2.28. The molecule has 8 nitrogen and oxygen atoms in total. The van der Waals surface area contributed by atoms with Crippen LogP contribution < -0.4 is 15.0 Å². The van der Waals surface area contributed by atoms with E-state index < -0.39 is 0 Å². The average Bonchev–Trinajstić information content (AvgIpc) is 2.89. The van der Waals surface area contributed by atoms with E-state index in [4.69, 9.17) is 14.7 Å². The number of hydrogen-bond acceptors (Lipinski definition) is 6. The molecule has 0 atom stereocenters. The summed E-state index contributed by atoms with van der Waals surface area (Å²) >= 11 is 0. The summed E-state index contributed by atoms with van der Waals surface area (Å²) in [6, 6.07) is 13.1. The highest BCUT2D eigenvalue weighted by atomic mass is 16.5. The van der Waals surface area contributed by atoms with Gasteiger partial charge in [-0.05, 0) is 43.5 Å². The van der Waals surface area contributed by atoms with Crippen LogP contribution in [0.15, 0.2) is 48.7 Å². The van der Waals surface area contributed by atoms with Crippen molar-refractivity contribution in [2.75, 3.05) is 37.0 Å². The van der Waals surface area contributed by atoms with Gasteiger partial charge < -0.3 is 19.9 Å². The number of fused-ring (bicyclic) bond motifs is 1. The van der Waals surface area contributed by atoms with Crippen molar-refractivity contribution in [3.63, 3.8) is 0 Å². The van der Waals surface area contributed by atoms with E-state index in [0.29, 0.717) is 36.8 Å². The van der Waals surface area contributed by atoms with Crippen molar-refractivity contribution >= 4 is 17.5 Å². The van der Waals surface area contributed by atoms with E-state index in [2.05, 4.69) is 15.2 Å². The molecule has 0 bridgehead atoms. The number of pyridine rings is 1. The molecule has 2 amide bonds. The standard InChI is InChI=1S/C25H28N6O2/c1-33-19-9-7-8-18(16-19)27-25(32)31-15-11-21-20(17-31)24(30-13-5-2-6-14-30)29-23(28-21)22-10-3-4-12-26-22/h3-4,7-10,12,16H,2,5-6,11,13-15,17H2,1H3,(H,27,32). The third-order valence-corrected chi connectivity index (χ3v) is 6.20. The fraction of sp³-hybridized carbons (Fsp3) is 0.360. The van der Waals surface area contributed by atoms with E-state index in [9.17, 15) is 4.79 Å². The minimum absolute atomic E-state index is 0.132. The van der Waals surface area contributed by atoms with E-state index in [0.717, 1.165) is 48.7 Å². The second kappa shape index (κ2) is 9.44. The van der Waals surface area contributed by atoms with Gasteiger partial charge in [0, 0.05) is 49.6 Å². The summed E-state index contributed by atoms with van der Waals surface area (Å²) in [6.07, 6.45) is 5.99. The summed E-state index contributed by atoms with van der Waals surface area (Å²) in [5.74, 6) is 2.31. The molecule has 0 unspecified atom stereocenters. The molecular weight excluding hydrogens is 416 g/mol. The normalized spacial score (nSPS) is 15.7. The number of urea groups is 1. The predicted octanol–water partition coefficient (Wildman–Crippen LogP) is 4.13. The summed E-state index contributed by atoms with van der Waals surface area (Å²) in [5.41, 5.74) is 3.54. The topological polar surface area (TPSA) is 83.5 Å². The van der Waals surface area contributed by atoms with Gasteiger partial charge in [0.1, 0.15) is 17.3 Å². The monoisotopic (exact) mass is 444 g/mol. The molecule has 1 saturated heterocycles. The van der Waals surface area contributed by atoms with Gasteiger partial charge in [-0.3, -0.25) is 4.98 Å². The number of ether oxygens (including phenoxy) is 1. The maximum Gasteiger partial charge on any atom is 0.322 e. The van der Waals surface area contributed by atoms with Crippen molar-refractivity contribution in [3.05, 3.63) is 59.9 Å². The average molecular weight is 445 g/mol. The van der Waals surface area contributed by atoms with Gasteiger partial charge in [-0.15, -0.1) is 0 Å². The van der Waals surface area contributed by atoms with Gasteiger partial charge in [0.2, 0.25) is 0 Å². The van der Waals surface area contributed by atoms with Gasteiger partial charge in [-0.2, -0.15) is 0 Å². The van der Waals surface area contributed by atoms with Crippen molar-refractivity contribution in [3.8, 4) is 17.3 Å². The first-order valence-electron chi connectivity index (χ1n) is 11.5. The van der Waals surface area contributed by atoms with Crippen LogP contribution in [0.3, 0.4) is 0 Å². The number of amides is 2. The Labute approximate surface area is 193 Å². The fourth-order valence-corrected chi connectivity index (χ4v) is 4.45. The highest BCUT2D eigenvalue weighted by Crippen LogP contribution is 2.31. The summed E-state index contributed by atoms with van der Waals surface area (Å²) in [4.78, 5) is 31.5. The fourth-order valence-electron chi connectivity index (χ4n) is 4.45. The molecule has 1 fully saturated rings. The number of carbonyl (C=O) groups is 1. The van der Waals surface area contributed by atoms with Gasteiger partial charge in [-0.1, -0.05) is 12.1 Å². The van der Waals surface area contributed by atoms with Gasteiger partial charge in [0.05, 0.1) is 19.3 Å². The van der Waals surface area contributed by atoms with Crippen LogP contribution in [0.1, 0.15) is 30.5 Å². The summed E-state index contributed by atoms with van der Waals surface area (Å²) in [6.45, 7) is 3.03. The molecule has 0 aliphatic carbocycles. The van der Waals surface area contributed by atoms with Crippen LogP contribution in [0, 0.1) is 0 Å². The molecule has 170 valence electrons. The third-order valence-electron chi connectivity index (χ3n) is 6.20. The molecule has 3 aromatic rings. The predicted molar refractivity (Wildman–Crippen MR) is 127 cm³/mol. The second-order valence-electron chi connectivity index (χ2n) is 8.39. The lowest BCUT2D eigenvalue weighted by Gasteiger charge is -2.34. The van der Waals surface area contributed by atoms with Crippen LogP contribution in [-0.4, -0.2) is 52.6 Å². The number of anilines is 2. The largest absolute Gasteiger partial charge is 0.497 e. The second-order valence-corrected chi connectivity index (χ2v) is 8.39. The number of aromatic nitrogens is 3. The number of methoxy groups -OCH3 is 1. The first-order valence-corrected chi connectivity index (χ1v) is 11.5. The maximum absolute atomic E-state index is 13.1. The van der Waals surface area contributed by atoms with Crippen molar-refractivity contribution in [2.24, 2.45) is 0 Å². The number of nitrogens with one attached hydrogen (secondary N) is 1. The highest BCUT2D eigenvalue weighted by molar-refractivity contribution is 5.89. The van der Waals surface area contributed by atoms with E-state index in [1.165, 1.54) is 6.42 Å². The van der Waals surface area contributed by atoms with Crippen LogP contribution in [0.25, 0.3) is 11.5 Å². The Balaban J connectivity index is 1.43. The van der Waals surface area contributed by atoms with Crippen molar-refractivity contribution in [1.29, 1.82) is 0 Å². The Kier molecular flexibility index (Phi) is 6.06. The zero-order valence-electron chi connectivity index (χ0n) is 18.8. The van der Waals surface area contributed by atoms with Crippen LogP contribution in [0.2, 0.25) is 0 Å². The van der Waals surface area contributed by atoms with E-state index in [1.807, 2.05) is 47.4 Å². The maximum atomic E-state index is 13.1. The van der Waals surface area contributed by atoms with Crippen LogP contribution in [-0.2, 0) is 13.0 Å². The molecule has 4 heterocycles. The lowest BCUT2D eigenvalue weighted by molar-refractivity contribution is 0.206. The van der Waals surface area contributed by atoms with E-state index in [1.54, 1.807) is 13.3 Å². The lowest BCUT2D eigenvalue weighted by Crippen LogP contribution is -2.41. The number of carbonyl (C=O) groups excluding carboxylic acids is 1. The molecule has 33 heavy (non-hydrogen) atoms. The Hall–Kier alpha value is -3.68. The van der Waals surface area contributed by atoms with Crippen LogP contribution >= 0.6 is 0 Å². The first-order chi connectivity index (χ1) is 16.2. The zero-order valence-corrected chi connectivity index (χ0v) is 18.8. The first kappa shape index (κ1) is 21.2. The Morgan fingerprint density at radius 3 is 2.70 bits per heavy atom. The van der Waals surface area contributed by atoms with Crippen LogP contribution in [0.5, 0.6) is 5.75 Å². The van der Waals surface area contributed by atoms with Crippen molar-refractivity contribution in [1.82, 2.24) is 19.9 Å². The van der Waals surface area contributed by atoms with E-state index in [-0.39, 0.29) is 6.03 Å². The molecule has 2 aliphatic heterocycles. The van der Waals surface area contributed by atoms with Crippen molar-refractivity contribution in [2.45, 2.75) is 32.2 Å². The van der Waals surface area contributed by atoms with Gasteiger partial charge in [0.25, 0.3) is 0 Å². The summed E-state index contributed by atoms with van der Waals surface area (Å²) in [7, 11) is 1.61. The molecule has 0 saturated carbocycles. The molecule has 2 aliphatic rings. The molecule has 0 spiro atoms. The minimum Gasteiger partial charge on any atom is -0.497 e. The SMILES string of the molecule is COc1cccc(NC(=O)N2CCc3nc(-c4ccccn4)nc(N4CCCCC4)c3C2)c1. The van der Waals surface area contributed by atoms with Crippen LogP contribution in [0.4, 0.5) is 16.3 Å². The molecule has 8 heteroatoms. The van der Waals surface area contributed by atoms with Crippen molar-refractivity contribution < 1.29 is 9.53 Å². The van der Waals surface area contributed by atoms with Gasteiger partial charge in [-0.25, -0.2) is 14.8 Å². The number of hydrogen-bond donors (Lipinski definition) is 1. The lowest BCUT2D eigenvalue weighted by atomic mass is 10.0. The number of rotatable bonds is 4. The molecular formula is C25H28N6O2. The molecule has 0 radical (unpaired) electrons. The molecule has 2 aromatic heterocycles. The van der Waals surface area contributed by atoms with Gasteiger partial charge >= 0.3 is 6.03 Å². The third kappa shape index (κ3) is 4.60. The summed E-state index contributed by atoms with van der Waals surface area (Å²) in [5, 5.41) is 3.00. The smallest absolute Gasteiger partial charge is 0.322 e. The Morgan fingerprint density at radius 1 is 1.03 bits per heavy atom. The molecule has 5 rings (SSSR count). The molecule has 1 aromatic carbocycles. The summed E-state index contributed by atoms with van der Waals surface area (Å²) < 4.78 is 5.27. The quantitative estimate of drug-likeness (QED) is 0.652. The minimum atomic E-state index is -0.132.